The Bertz CT molecular complexity index is 723. The van der Waals surface area contributed by atoms with E-state index < -0.39 is 5.97 Å². The van der Waals surface area contributed by atoms with Gasteiger partial charge in [-0.05, 0) is 36.2 Å². The molecule has 138 valence electrons. The molecule has 1 N–H and O–H groups in total. The molecule has 1 aliphatic rings. The predicted octanol–water partition coefficient (Wildman–Crippen LogP) is 2.83. The van der Waals surface area contributed by atoms with E-state index in [1.165, 1.54) is 0 Å². The van der Waals surface area contributed by atoms with Crippen molar-refractivity contribution in [3.8, 4) is 11.5 Å². The number of benzene rings is 1. The lowest BCUT2D eigenvalue weighted by molar-refractivity contribution is -0.139. The van der Waals surface area contributed by atoms with Crippen LogP contribution in [0.15, 0.2) is 48.8 Å². The highest BCUT2D eigenvalue weighted by Crippen LogP contribution is 2.26. The summed E-state index contributed by atoms with van der Waals surface area (Å²) in [6.07, 6.45) is 4.13. The maximum absolute atomic E-state index is 11.3. The van der Waals surface area contributed by atoms with Gasteiger partial charge in [-0.2, -0.15) is 0 Å². The van der Waals surface area contributed by atoms with Crippen molar-refractivity contribution < 1.29 is 19.4 Å². The second kappa shape index (κ2) is 8.67. The van der Waals surface area contributed by atoms with Gasteiger partial charge in [-0.1, -0.05) is 12.1 Å². The van der Waals surface area contributed by atoms with Crippen molar-refractivity contribution >= 4 is 5.97 Å². The summed E-state index contributed by atoms with van der Waals surface area (Å²) in [5.74, 6) is 0.665. The predicted molar refractivity (Wildman–Crippen MR) is 97.3 cm³/mol. The zero-order valence-corrected chi connectivity index (χ0v) is 14.9. The zero-order chi connectivity index (χ0) is 18.4. The number of hydrogen-bond donors (Lipinski definition) is 1. The number of rotatable bonds is 7. The van der Waals surface area contributed by atoms with Crippen LogP contribution in [-0.4, -0.2) is 47.3 Å². The molecular weight excluding hydrogens is 332 g/mol. The Kier molecular flexibility index (Phi) is 6.07. The minimum atomic E-state index is -0.794. The molecular formula is C20H24N2O4. The van der Waals surface area contributed by atoms with E-state index >= 15 is 0 Å². The number of aromatic nitrogens is 1. The highest BCUT2D eigenvalue weighted by atomic mass is 16.5. The third-order valence-corrected chi connectivity index (χ3v) is 4.65. The van der Waals surface area contributed by atoms with Gasteiger partial charge in [0.1, 0.15) is 17.6 Å². The van der Waals surface area contributed by atoms with Crippen LogP contribution in [-0.2, 0) is 11.3 Å². The van der Waals surface area contributed by atoms with Crippen LogP contribution in [0, 0.1) is 5.92 Å². The van der Waals surface area contributed by atoms with E-state index in [1.807, 2.05) is 30.3 Å². The summed E-state index contributed by atoms with van der Waals surface area (Å²) >= 11 is 0. The molecule has 2 aromatic rings. The molecule has 0 saturated carbocycles. The average Bonchev–Trinajstić information content (AvgIpc) is 2.64. The zero-order valence-electron chi connectivity index (χ0n) is 14.9. The van der Waals surface area contributed by atoms with Gasteiger partial charge in [0.25, 0.3) is 0 Å². The van der Waals surface area contributed by atoms with Crippen molar-refractivity contribution in [2.45, 2.75) is 25.5 Å². The van der Waals surface area contributed by atoms with E-state index in [0.717, 1.165) is 30.8 Å². The number of carboxylic acid groups (broad SMARTS) is 1. The number of piperidine rings is 1. The number of methoxy groups -OCH3 is 1. The van der Waals surface area contributed by atoms with E-state index in [-0.39, 0.29) is 18.4 Å². The van der Waals surface area contributed by atoms with Gasteiger partial charge in [0, 0.05) is 31.7 Å². The van der Waals surface area contributed by atoms with Crippen LogP contribution in [0.25, 0.3) is 0 Å². The molecule has 1 aromatic carbocycles. The normalized spacial score (nSPS) is 20.5. The van der Waals surface area contributed by atoms with Crippen molar-refractivity contribution in [1.29, 1.82) is 0 Å². The molecule has 1 fully saturated rings. The molecule has 6 heteroatoms. The van der Waals surface area contributed by atoms with Gasteiger partial charge in [-0.3, -0.25) is 14.7 Å². The number of aliphatic carboxylic acids is 1. The molecule has 3 rings (SSSR count). The lowest BCUT2D eigenvalue weighted by atomic mass is 9.91. The first-order valence-electron chi connectivity index (χ1n) is 8.78. The first-order valence-corrected chi connectivity index (χ1v) is 8.78. The molecule has 0 amide bonds. The van der Waals surface area contributed by atoms with E-state index in [0.29, 0.717) is 12.3 Å². The first-order chi connectivity index (χ1) is 12.6. The summed E-state index contributed by atoms with van der Waals surface area (Å²) in [5.41, 5.74) is 1.16. The highest BCUT2D eigenvalue weighted by molar-refractivity contribution is 5.67. The van der Waals surface area contributed by atoms with Crippen LogP contribution in [0.2, 0.25) is 0 Å². The molecule has 1 aliphatic heterocycles. The van der Waals surface area contributed by atoms with Crippen LogP contribution in [0.3, 0.4) is 0 Å². The molecule has 26 heavy (non-hydrogen) atoms. The molecule has 0 aliphatic carbocycles. The number of nitrogens with zero attached hydrogens (tertiary/aromatic N) is 2. The van der Waals surface area contributed by atoms with E-state index in [4.69, 9.17) is 9.47 Å². The first kappa shape index (κ1) is 18.2. The van der Waals surface area contributed by atoms with Gasteiger partial charge >= 0.3 is 5.97 Å². The molecule has 0 spiro atoms. The number of ether oxygens (including phenoxy) is 2. The average molecular weight is 356 g/mol. The Morgan fingerprint density at radius 1 is 1.31 bits per heavy atom. The third kappa shape index (κ3) is 4.95. The summed E-state index contributed by atoms with van der Waals surface area (Å²) in [4.78, 5) is 17.7. The maximum Gasteiger partial charge on any atom is 0.303 e. The second-order valence-corrected chi connectivity index (χ2v) is 6.58. The summed E-state index contributed by atoms with van der Waals surface area (Å²) in [7, 11) is 1.66. The Morgan fingerprint density at radius 2 is 2.15 bits per heavy atom. The Labute approximate surface area is 153 Å². The Morgan fingerprint density at radius 3 is 2.88 bits per heavy atom. The van der Waals surface area contributed by atoms with Crippen LogP contribution in [0.4, 0.5) is 0 Å². The van der Waals surface area contributed by atoms with Crippen molar-refractivity contribution in [2.75, 3.05) is 20.2 Å². The summed E-state index contributed by atoms with van der Waals surface area (Å²) < 4.78 is 11.3. The van der Waals surface area contributed by atoms with Crippen LogP contribution >= 0.6 is 0 Å². The quantitative estimate of drug-likeness (QED) is 0.822. The van der Waals surface area contributed by atoms with E-state index in [1.54, 1.807) is 19.5 Å². The second-order valence-electron chi connectivity index (χ2n) is 6.58. The fraction of sp³-hybridized carbons (Fsp3) is 0.400. The molecule has 1 saturated heterocycles. The lowest BCUT2D eigenvalue weighted by Gasteiger charge is -2.38. The lowest BCUT2D eigenvalue weighted by Crippen LogP contribution is -2.46. The minimum Gasteiger partial charge on any atom is -0.497 e. The highest BCUT2D eigenvalue weighted by Gasteiger charge is 2.32. The molecule has 0 bridgehead atoms. The molecule has 2 heterocycles. The van der Waals surface area contributed by atoms with Crippen molar-refractivity contribution in [3.05, 3.63) is 54.4 Å². The van der Waals surface area contributed by atoms with Gasteiger partial charge in [0.15, 0.2) is 0 Å². The van der Waals surface area contributed by atoms with Gasteiger partial charge in [-0.15, -0.1) is 0 Å². The largest absolute Gasteiger partial charge is 0.497 e. The maximum atomic E-state index is 11.3. The molecule has 0 radical (unpaired) electrons. The SMILES string of the molecule is COc1cccc(CN2CC[C@@H](Oc3cccnc3)[C@H](CC(=O)O)C2)c1. The Balaban J connectivity index is 1.66. The van der Waals surface area contributed by atoms with E-state index in [2.05, 4.69) is 16.0 Å². The molecule has 0 unspecified atom stereocenters. The standard InChI is InChI=1S/C20H24N2O4/c1-25-17-5-2-4-15(10-17)13-22-9-7-19(16(14-22)11-20(23)24)26-18-6-3-8-21-12-18/h2-6,8,10,12,16,19H,7,9,11,13-14H2,1H3,(H,23,24)/t16-,19-/m1/s1. The van der Waals surface area contributed by atoms with Crippen molar-refractivity contribution in [2.24, 2.45) is 5.92 Å². The van der Waals surface area contributed by atoms with Crippen molar-refractivity contribution in [3.63, 3.8) is 0 Å². The smallest absolute Gasteiger partial charge is 0.303 e. The van der Waals surface area contributed by atoms with Gasteiger partial charge in [-0.25, -0.2) is 0 Å². The van der Waals surface area contributed by atoms with Crippen LogP contribution in [0.5, 0.6) is 11.5 Å². The third-order valence-electron chi connectivity index (χ3n) is 4.65. The Hall–Kier alpha value is -2.60. The fourth-order valence-electron chi connectivity index (χ4n) is 3.43. The number of hydrogen-bond acceptors (Lipinski definition) is 5. The van der Waals surface area contributed by atoms with Gasteiger partial charge in [0.2, 0.25) is 0 Å². The van der Waals surface area contributed by atoms with Crippen LogP contribution < -0.4 is 9.47 Å². The van der Waals surface area contributed by atoms with E-state index in [9.17, 15) is 9.90 Å². The van der Waals surface area contributed by atoms with Crippen LogP contribution in [0.1, 0.15) is 18.4 Å². The van der Waals surface area contributed by atoms with Gasteiger partial charge in [0.05, 0.1) is 19.7 Å². The number of likely N-dealkylation sites (tertiary alicyclic amines) is 1. The monoisotopic (exact) mass is 356 g/mol. The topological polar surface area (TPSA) is 71.9 Å². The molecule has 6 nitrogen and oxygen atoms in total. The molecule has 1 aromatic heterocycles. The number of carboxylic acids is 1. The van der Waals surface area contributed by atoms with Crippen molar-refractivity contribution in [1.82, 2.24) is 9.88 Å². The summed E-state index contributed by atoms with van der Waals surface area (Å²) in [6.45, 7) is 2.32. The molecule has 2 atom stereocenters. The summed E-state index contributed by atoms with van der Waals surface area (Å²) in [5, 5.41) is 9.29. The number of pyridine rings is 1. The fourth-order valence-corrected chi connectivity index (χ4v) is 3.43. The number of carbonyl (C=O) groups is 1. The van der Waals surface area contributed by atoms with Gasteiger partial charge < -0.3 is 14.6 Å². The minimum absolute atomic E-state index is 0.0629. The summed E-state index contributed by atoms with van der Waals surface area (Å²) in [6, 6.07) is 11.6.